The van der Waals surface area contributed by atoms with Crippen LogP contribution < -0.4 is 5.32 Å². The number of cyclic esters (lactones) is 1. The largest absolute Gasteiger partial charge is 0.469 e. The van der Waals surface area contributed by atoms with Gasteiger partial charge in [-0.2, -0.15) is 0 Å². The number of aliphatic hydroxyl groups excluding tert-OH is 3. The molecule has 98 heavy (non-hydrogen) atoms. The Bertz CT molecular complexity index is 4230. The molecule has 22 aliphatic rings. The summed E-state index contributed by atoms with van der Waals surface area (Å²) in [6.45, 7) is 3.81. The van der Waals surface area contributed by atoms with E-state index >= 15 is 19.5 Å². The van der Waals surface area contributed by atoms with Gasteiger partial charge < -0.3 is 43.6 Å². The number of aryl methyl sites for hydroxylation is 1. The van der Waals surface area contributed by atoms with Gasteiger partial charge in [0.1, 0.15) is 35.1 Å². The number of carbonyl (C=O) groups is 3. The number of rotatable bonds is 7. The molecule has 0 amide bonds. The van der Waals surface area contributed by atoms with E-state index in [2.05, 4.69) is 120 Å². The van der Waals surface area contributed by atoms with E-state index in [0.29, 0.717) is 79.9 Å². The first-order valence-corrected chi connectivity index (χ1v) is 39.3. The molecule has 0 unspecified atom stereocenters. The fourth-order valence-corrected chi connectivity index (χ4v) is 33.2. The second-order valence-electron chi connectivity index (χ2n) is 37.4. The first-order valence-electron chi connectivity index (χ1n) is 39.3. The second-order valence-corrected chi connectivity index (χ2v) is 37.4. The van der Waals surface area contributed by atoms with Gasteiger partial charge in [-0.25, -0.2) is 4.79 Å². The lowest BCUT2D eigenvalue weighted by atomic mass is 9.27. The van der Waals surface area contributed by atoms with Crippen LogP contribution in [-0.4, -0.2) is 106 Å². The van der Waals surface area contributed by atoms with Crippen molar-refractivity contribution >= 4 is 17.7 Å². The van der Waals surface area contributed by atoms with Crippen LogP contribution in [0, 0.1) is 157 Å². The molecule has 510 valence electrons. The lowest BCUT2D eigenvalue weighted by molar-refractivity contribution is -0.324. The Balaban J connectivity index is 0.764. The van der Waals surface area contributed by atoms with Crippen molar-refractivity contribution in [3.8, 4) is 11.8 Å². The van der Waals surface area contributed by atoms with Crippen molar-refractivity contribution in [1.29, 1.82) is 0 Å². The van der Waals surface area contributed by atoms with Gasteiger partial charge in [0.15, 0.2) is 17.5 Å². The van der Waals surface area contributed by atoms with Gasteiger partial charge in [-0.1, -0.05) is 110 Å². The highest BCUT2D eigenvalue weighted by molar-refractivity contribution is 5.96. The number of nitrogens with zero attached hydrogens (tertiary/aromatic N) is 1. The molecule has 9 spiro atoms. The van der Waals surface area contributed by atoms with Crippen molar-refractivity contribution in [1.82, 2.24) is 10.2 Å². The predicted octanol–water partition coefficient (Wildman–Crippen LogP) is 10.6. The van der Waals surface area contributed by atoms with Crippen molar-refractivity contribution in [2.75, 3.05) is 26.4 Å². The van der Waals surface area contributed by atoms with Gasteiger partial charge in [-0.3, -0.25) is 14.9 Å². The molecule has 13 heteroatoms. The number of benzene rings is 1. The molecule has 5 saturated heterocycles. The van der Waals surface area contributed by atoms with Gasteiger partial charge in [0, 0.05) is 58.6 Å². The number of esters is 2. The summed E-state index contributed by atoms with van der Waals surface area (Å²) in [5.74, 6) is 7.54. The zero-order valence-electron chi connectivity index (χ0n) is 56.5. The van der Waals surface area contributed by atoms with Gasteiger partial charge in [0.05, 0.1) is 48.5 Å². The molecule has 7 aliphatic heterocycles. The van der Waals surface area contributed by atoms with E-state index in [1.807, 2.05) is 6.26 Å². The normalized spacial score (nSPS) is 55.9. The lowest BCUT2D eigenvalue weighted by Crippen LogP contribution is -2.85. The number of ketones is 1. The van der Waals surface area contributed by atoms with Crippen LogP contribution in [0.25, 0.3) is 0 Å². The molecule has 14 fully saturated rings. The number of Topliss-reactive ketones (excluding diaryl/α,β-unsaturated/α-hetero) is 1. The summed E-state index contributed by atoms with van der Waals surface area (Å²) in [5.41, 5.74) is -5.82. The number of fused-ring (bicyclic) bond motifs is 9. The van der Waals surface area contributed by atoms with Gasteiger partial charge in [0.25, 0.3) is 0 Å². The van der Waals surface area contributed by atoms with Crippen LogP contribution in [-0.2, 0) is 58.2 Å². The zero-order chi connectivity index (χ0) is 65.0. The van der Waals surface area contributed by atoms with Crippen LogP contribution in [0.1, 0.15) is 139 Å². The summed E-state index contributed by atoms with van der Waals surface area (Å²) < 4.78 is 39.7. The number of hydrogen-bond donors (Lipinski definition) is 4. The predicted molar refractivity (Wildman–Crippen MR) is 357 cm³/mol. The average Bonchev–Trinajstić information content (AvgIpc) is 1.40. The summed E-state index contributed by atoms with van der Waals surface area (Å²) in [5, 5.41) is 42.9. The summed E-state index contributed by atoms with van der Waals surface area (Å²) in [4.78, 5) is 54.8. The molecule has 9 saturated carbocycles. The molecule has 33 atom stereocenters. The number of hydrogen-bond acceptors (Lipinski definition) is 13. The van der Waals surface area contributed by atoms with E-state index in [9.17, 15) is 14.9 Å². The molecule has 15 aliphatic carbocycles. The number of carbonyl (C=O) groups excluding carboxylic acids is 3. The Kier molecular flexibility index (Phi) is 11.0. The van der Waals surface area contributed by atoms with E-state index in [1.54, 1.807) is 0 Å². The molecular weight excluding hydrogens is 1220 g/mol. The van der Waals surface area contributed by atoms with Crippen LogP contribution in [0.2, 0.25) is 0 Å². The molecule has 13 nitrogen and oxygen atoms in total. The number of ether oxygens (including phenoxy) is 4. The van der Waals surface area contributed by atoms with Crippen molar-refractivity contribution in [2.45, 2.75) is 182 Å². The van der Waals surface area contributed by atoms with E-state index in [-0.39, 0.29) is 83.0 Å². The average molecular weight is 1320 g/mol. The van der Waals surface area contributed by atoms with Gasteiger partial charge in [0.2, 0.25) is 0 Å². The standard InChI is InChI=1S/C85H94N2O11/c1-76-37-53-38-77-36-46-22-26-80(77)75(93)95-42-79-70(53)81(72(91)69(90)71(79)82-55-19-13-48-16-21-61-58-9-5-8-47(58)23-25-78(61,62(48)33-55)67(82)34-57(32-56(77)29-46)84(79,80)98-82)63-30-45(28-44-6-3-2-4-7-44)10-11-49(63)12-17-54-18-14-52-41-94-66(68(52)83(54,76)97-74(92)73-85(76,81)96-73)35-60(65(89)40-88)50-15-20-59-51(31-50)24-27-87-43-86-39-64(59)87/h2-4,6-7,13,16,19,22-27,34,41,45-47,49-51,53-56,58-65,67,70-73,86,88-89,91H,5,8-11,14-15,18,20-21,28-33,35-40,42-43H2,1H3/t45-,46+,47+,49-,50-,51+,53+,54+,55+,56+,58-,59+,60-,61-,62+,63-,64-,65+,67-,70+,71-,72+,73+,76-,77-,78-,79+,80-,81-,82-,83-,84+,85+/m0/s1. The number of aliphatic hydroxyl groups is 3. The summed E-state index contributed by atoms with van der Waals surface area (Å²) in [6, 6.07) is 11.3. The van der Waals surface area contributed by atoms with Crippen molar-refractivity contribution in [3.05, 3.63) is 131 Å². The fraction of sp³-hybridized carbons (Fsp3) is 0.682. The highest BCUT2D eigenvalue weighted by atomic mass is 16.7. The lowest BCUT2D eigenvalue weighted by Gasteiger charge is -2.75. The summed E-state index contributed by atoms with van der Waals surface area (Å²) in [7, 11) is 0. The summed E-state index contributed by atoms with van der Waals surface area (Å²) in [6.07, 6.45) is 39.9. The Morgan fingerprint density at radius 1 is 0.898 bits per heavy atom. The molecule has 8 heterocycles. The third kappa shape index (κ3) is 5.90. The highest BCUT2D eigenvalue weighted by Gasteiger charge is 3.03. The molecule has 2 aromatic rings. The summed E-state index contributed by atoms with van der Waals surface area (Å²) >= 11 is 0. The molecule has 1 aromatic carbocycles. The zero-order valence-corrected chi connectivity index (χ0v) is 56.5. The van der Waals surface area contributed by atoms with Crippen molar-refractivity contribution in [3.63, 3.8) is 0 Å². The van der Waals surface area contributed by atoms with E-state index in [4.69, 9.17) is 18.6 Å². The molecule has 24 rings (SSSR count). The third-order valence-electron chi connectivity index (χ3n) is 35.5. The molecule has 4 N–H and O–H groups in total. The number of epoxide rings is 1. The number of allylic oxidation sites excluding steroid dienone is 7. The van der Waals surface area contributed by atoms with Crippen molar-refractivity contribution < 1.29 is 53.1 Å². The Labute approximate surface area is 574 Å². The third-order valence-corrected chi connectivity index (χ3v) is 35.5. The molecule has 12 bridgehead atoms. The van der Waals surface area contributed by atoms with E-state index in [0.717, 1.165) is 95.0 Å². The Hall–Kier alpha value is -5.33. The van der Waals surface area contributed by atoms with Crippen LogP contribution >= 0.6 is 0 Å². The second kappa shape index (κ2) is 18.5. The maximum Gasteiger partial charge on any atom is 0.339 e. The quantitative estimate of drug-likeness (QED) is 0.0891. The van der Waals surface area contributed by atoms with E-state index < -0.39 is 104 Å². The SMILES string of the molecule is C[C@]12C[C@@H]3C[C@]45C[C@@H]6C=C[C@]47C(=O)OC[C@]48[C@H](C(=O)[C@@H](O)[C@@]9([C@H]34)[C@H]3C[C@H](Cc4ccccc4)CC[C@H]3C#C[C@@H]3CCc4coc(C[C@@H]([C@H]%10CC[C@@H]%11[C@H](C=CN%12CNC[C@@H]%11%12)C%10)[C@H](O)CO)c4[C@@]31OC(=O)[C@H]1O[C@@]192)[C@@]12O[C@]87C(=C[C@H]1[C@@]13C=C[C@H]4CCC[C@@H]4[C@@H]1CC=C1C=C[C@@H]2C[C@H]13)C[C@H]5C6. The number of furan rings is 1. The maximum absolute atomic E-state index is 18.7. The first kappa shape index (κ1) is 58.2. The van der Waals surface area contributed by atoms with Gasteiger partial charge in [-0.15, -0.1) is 0 Å². The van der Waals surface area contributed by atoms with Crippen molar-refractivity contribution in [2.24, 2.45) is 145 Å². The molecule has 1 aromatic heterocycles. The number of nitrogens with one attached hydrogen (secondary N) is 1. The monoisotopic (exact) mass is 1320 g/mol. The molecule has 0 radical (unpaired) electrons. The first-order chi connectivity index (χ1) is 47.7. The van der Waals surface area contributed by atoms with Gasteiger partial charge >= 0.3 is 11.9 Å². The minimum absolute atomic E-state index is 0.00339. The van der Waals surface area contributed by atoms with Crippen LogP contribution in [0.4, 0.5) is 0 Å². The topological polar surface area (TPSA) is 181 Å². The molecular formula is C85H94N2O11. The maximum atomic E-state index is 18.7. The van der Waals surface area contributed by atoms with Crippen LogP contribution in [0.5, 0.6) is 0 Å². The fourth-order valence-electron chi connectivity index (χ4n) is 33.2. The minimum atomic E-state index is -1.61. The van der Waals surface area contributed by atoms with Gasteiger partial charge in [-0.05, 0) is 232 Å². The Morgan fingerprint density at radius 3 is 2.70 bits per heavy atom. The van der Waals surface area contributed by atoms with Crippen LogP contribution in [0.3, 0.4) is 0 Å². The van der Waals surface area contributed by atoms with Crippen LogP contribution in [0.15, 0.2) is 113 Å². The minimum Gasteiger partial charge on any atom is -0.469 e. The van der Waals surface area contributed by atoms with E-state index in [1.165, 1.54) is 36.0 Å². The smallest absolute Gasteiger partial charge is 0.339 e. The Morgan fingerprint density at radius 2 is 1.81 bits per heavy atom. The highest BCUT2D eigenvalue weighted by Crippen LogP contribution is 2.95.